The number of aliphatic hydroxyl groups excluding tert-OH is 1. The van der Waals surface area contributed by atoms with Gasteiger partial charge < -0.3 is 24.1 Å². The van der Waals surface area contributed by atoms with Crippen LogP contribution in [0.5, 0.6) is 0 Å². The normalized spacial score (nSPS) is 15.0. The molecule has 2 saturated heterocycles. The lowest BCUT2D eigenvalue weighted by molar-refractivity contribution is -0.102. The average Bonchev–Trinajstić information content (AvgIpc) is 3.28. The molecule has 5 N–H and O–H groups in total. The third-order valence-corrected chi connectivity index (χ3v) is 12.6. The van der Waals surface area contributed by atoms with Crippen LogP contribution in [0.4, 0.5) is 9.59 Å². The van der Waals surface area contributed by atoms with Crippen molar-refractivity contribution in [1.82, 2.24) is 18.1 Å². The number of halogens is 2. The highest BCUT2D eigenvalue weighted by atomic mass is 35.7. The first-order chi connectivity index (χ1) is 31.5. The fourth-order valence-electron chi connectivity index (χ4n) is 5.57. The maximum absolute atomic E-state index is 12.2. The number of hydrogen-bond donors (Lipinski definition) is 4. The highest BCUT2D eigenvalue weighted by Crippen LogP contribution is 2.20. The Morgan fingerprint density at radius 1 is 0.672 bits per heavy atom. The van der Waals surface area contributed by atoms with E-state index in [1.165, 1.54) is 13.3 Å². The summed E-state index contributed by atoms with van der Waals surface area (Å²) in [5, 5.41) is 13.5. The number of carbonyl (C=O) groups excluding carboxylic acids is 3. The molecule has 2 heterocycles. The lowest BCUT2D eigenvalue weighted by Gasteiger charge is -2.30. The second-order valence-electron chi connectivity index (χ2n) is 13.9. The Bertz CT molecular complexity index is 2360. The summed E-state index contributed by atoms with van der Waals surface area (Å²) in [4.78, 5) is 31.9. The van der Waals surface area contributed by atoms with Crippen LogP contribution in [0.25, 0.3) is 0 Å². The van der Waals surface area contributed by atoms with Gasteiger partial charge in [-0.3, -0.25) is 4.79 Å². The van der Waals surface area contributed by atoms with E-state index < -0.39 is 51.1 Å². The van der Waals surface area contributed by atoms with Gasteiger partial charge in [-0.25, -0.2) is 24.2 Å². The number of nitrogens with one attached hydrogen (secondary N) is 2. The molecule has 2 aliphatic rings. The molecule has 3 aromatic rings. The van der Waals surface area contributed by atoms with E-state index in [4.69, 9.17) is 35.1 Å². The predicted octanol–water partition coefficient (Wildman–Crippen LogP) is 3.38. The summed E-state index contributed by atoms with van der Waals surface area (Å²) in [7, 11) is -2.70. The Labute approximate surface area is 401 Å². The SMILES string of the molecule is COCC1CCN(S(=O)(=O)NC(=O)OCc2ccccc2)CC1.COCC1CCN(S(N)(=O)=O)CC1.O=C(NS(=O)(=O)Cl)OCc1ccccc1.O=CC=NS(=O)(=O)Cl.OCc1ccccc1. The number of rotatable bonds is 15. The van der Waals surface area contributed by atoms with Gasteiger partial charge in [0.25, 0.3) is 10.2 Å². The fraction of sp³-hybridized carbons (Fsp3) is 0.436. The number of amides is 2. The first-order valence-electron chi connectivity index (χ1n) is 19.8. The van der Waals surface area contributed by atoms with Crippen molar-refractivity contribution in [1.29, 1.82) is 0 Å². The summed E-state index contributed by atoms with van der Waals surface area (Å²) < 4.78 is 115. The number of carbonyl (C=O) groups is 3. The predicted molar refractivity (Wildman–Crippen MR) is 250 cm³/mol. The molecular formula is C39H56Cl2N6O16S4. The molecule has 0 bridgehead atoms. The van der Waals surface area contributed by atoms with Gasteiger partial charge in [0.05, 0.1) is 12.8 Å². The third kappa shape index (κ3) is 30.6. The number of nitrogens with two attached hydrogens (primary N) is 1. The minimum atomic E-state index is -4.08. The van der Waals surface area contributed by atoms with Crippen molar-refractivity contribution in [2.45, 2.75) is 45.5 Å². The molecule has 0 radical (unpaired) electrons. The highest BCUT2D eigenvalue weighted by Gasteiger charge is 2.30. The summed E-state index contributed by atoms with van der Waals surface area (Å²) in [6.07, 6.45) is 1.82. The van der Waals surface area contributed by atoms with Gasteiger partial charge in [0.1, 0.15) is 13.2 Å². The topological polar surface area (TPSA) is 314 Å². The van der Waals surface area contributed by atoms with Gasteiger partial charge in [-0.05, 0) is 54.2 Å². The molecule has 2 amide bonds. The zero-order valence-corrected chi connectivity index (χ0v) is 41.3. The van der Waals surface area contributed by atoms with Gasteiger partial charge in [-0.15, -0.1) is 0 Å². The number of ether oxygens (including phenoxy) is 4. The van der Waals surface area contributed by atoms with Crippen LogP contribution in [-0.4, -0.2) is 126 Å². The number of aliphatic hydroxyl groups is 1. The van der Waals surface area contributed by atoms with Gasteiger partial charge >= 0.3 is 40.9 Å². The summed E-state index contributed by atoms with van der Waals surface area (Å²) in [6.45, 7) is 3.27. The van der Waals surface area contributed by atoms with E-state index in [2.05, 4.69) is 19.8 Å². The van der Waals surface area contributed by atoms with E-state index in [0.29, 0.717) is 70.3 Å². The molecule has 0 unspecified atom stereocenters. The van der Waals surface area contributed by atoms with Crippen LogP contribution in [0.1, 0.15) is 42.4 Å². The number of benzene rings is 3. The van der Waals surface area contributed by atoms with Crippen molar-refractivity contribution in [3.63, 3.8) is 0 Å². The molecular weight excluding hydrogens is 1010 g/mol. The zero-order valence-electron chi connectivity index (χ0n) is 36.5. The summed E-state index contributed by atoms with van der Waals surface area (Å²) in [5.41, 5.74) is 2.51. The van der Waals surface area contributed by atoms with Crippen molar-refractivity contribution < 1.29 is 72.1 Å². The van der Waals surface area contributed by atoms with Crippen molar-refractivity contribution in [3.05, 3.63) is 108 Å². The Morgan fingerprint density at radius 2 is 1.04 bits per heavy atom. The molecule has 376 valence electrons. The molecule has 5 rings (SSSR count). The van der Waals surface area contributed by atoms with Crippen LogP contribution in [0.3, 0.4) is 0 Å². The number of piperidine rings is 2. The number of aldehydes is 1. The van der Waals surface area contributed by atoms with E-state index >= 15 is 0 Å². The summed E-state index contributed by atoms with van der Waals surface area (Å²) >= 11 is 0. The molecule has 3 aromatic carbocycles. The van der Waals surface area contributed by atoms with Gasteiger partial charge in [-0.2, -0.15) is 46.7 Å². The Kier molecular flexibility index (Phi) is 29.4. The minimum Gasteiger partial charge on any atom is -0.444 e. The lowest BCUT2D eigenvalue weighted by atomic mass is 9.99. The number of methoxy groups -OCH3 is 2. The van der Waals surface area contributed by atoms with Gasteiger partial charge in [0.2, 0.25) is 0 Å². The van der Waals surface area contributed by atoms with E-state index in [-0.39, 0.29) is 26.1 Å². The molecule has 22 nitrogen and oxygen atoms in total. The molecule has 2 fully saturated rings. The van der Waals surface area contributed by atoms with Gasteiger partial charge in [0.15, 0.2) is 6.29 Å². The monoisotopic (exact) mass is 1060 g/mol. The molecule has 0 spiro atoms. The van der Waals surface area contributed by atoms with Crippen LogP contribution in [0.15, 0.2) is 95.4 Å². The van der Waals surface area contributed by atoms with E-state index in [1.807, 2.05) is 59.3 Å². The van der Waals surface area contributed by atoms with E-state index in [1.54, 1.807) is 50.6 Å². The van der Waals surface area contributed by atoms with Crippen molar-refractivity contribution in [2.24, 2.45) is 21.4 Å². The second-order valence-corrected chi connectivity index (χ2v) is 21.6. The lowest BCUT2D eigenvalue weighted by Crippen LogP contribution is -2.47. The average molecular weight is 1060 g/mol. The van der Waals surface area contributed by atoms with Gasteiger partial charge in [0, 0.05) is 75.0 Å². The van der Waals surface area contributed by atoms with Crippen LogP contribution in [0, 0.1) is 11.8 Å². The maximum atomic E-state index is 12.2. The summed E-state index contributed by atoms with van der Waals surface area (Å²) in [5.74, 6) is 0.833. The van der Waals surface area contributed by atoms with Crippen LogP contribution >= 0.6 is 21.4 Å². The van der Waals surface area contributed by atoms with Crippen molar-refractivity contribution >= 4 is 84.9 Å². The minimum absolute atomic E-state index is 0.0148. The first kappa shape index (κ1) is 60.7. The quantitative estimate of drug-likeness (QED) is 0.0963. The standard InChI is InChI=1S/C15H22N2O5S.C8H8ClNO4S.C7H16N2O3S.C7H8O.C2H2ClNO3S/c1-21-11-14-7-9-17(10-8-14)23(19,20)16-15(18)22-12-13-5-3-2-4-6-13;9-15(12,13)10-8(11)14-6-7-4-2-1-3-5-7;1-12-6-7-2-4-9(5-3-7)13(8,10)11;8-6-7-4-2-1-3-5-7;3-8(6,7)4-1-2-5/h2-6,14H,7-12H2,1H3,(H,16,18);1-5H,6H2,(H,10,11);7H,2-6H2,1H3,(H2,8,10,11);1-5,8H,6H2;1-2H. The van der Waals surface area contributed by atoms with Crippen molar-refractivity contribution in [2.75, 3.05) is 53.6 Å². The Morgan fingerprint density at radius 3 is 1.34 bits per heavy atom. The number of nitrogens with zero attached hydrogens (tertiary/aromatic N) is 3. The third-order valence-electron chi connectivity index (χ3n) is 8.77. The molecule has 67 heavy (non-hydrogen) atoms. The first-order valence-corrected chi connectivity index (χ1v) is 27.3. The summed E-state index contributed by atoms with van der Waals surface area (Å²) in [6, 6.07) is 27.4. The molecule has 0 aliphatic carbocycles. The van der Waals surface area contributed by atoms with Gasteiger partial charge in [-0.1, -0.05) is 91.0 Å². The van der Waals surface area contributed by atoms with Crippen molar-refractivity contribution in [3.8, 4) is 0 Å². The fourth-order valence-corrected chi connectivity index (χ4v) is 8.16. The Balaban J connectivity index is 0.000000445. The highest BCUT2D eigenvalue weighted by molar-refractivity contribution is 8.13. The van der Waals surface area contributed by atoms with E-state index in [0.717, 1.165) is 29.5 Å². The number of hydrogen-bond acceptors (Lipinski definition) is 16. The Hall–Kier alpha value is -4.32. The zero-order chi connectivity index (χ0) is 50.4. The molecule has 28 heteroatoms. The largest absolute Gasteiger partial charge is 0.444 e. The second kappa shape index (κ2) is 32.4. The smallest absolute Gasteiger partial charge is 0.422 e. The maximum Gasteiger partial charge on any atom is 0.422 e. The molecule has 0 aromatic heterocycles. The van der Waals surface area contributed by atoms with E-state index in [9.17, 15) is 48.1 Å². The molecule has 2 aliphatic heterocycles. The van der Waals surface area contributed by atoms with Crippen LogP contribution in [0.2, 0.25) is 0 Å². The molecule has 0 saturated carbocycles. The van der Waals surface area contributed by atoms with Crippen LogP contribution in [-0.2, 0) is 82.5 Å². The molecule has 0 atom stereocenters. The van der Waals surface area contributed by atoms with Crippen LogP contribution < -0.4 is 14.6 Å².